The van der Waals surface area contributed by atoms with Crippen LogP contribution in [0.15, 0.2) is 54.6 Å². The van der Waals surface area contributed by atoms with Crippen LogP contribution in [0.4, 0.5) is 5.69 Å². The molecule has 5 rings (SSSR count). The molecule has 0 aliphatic carbocycles. The highest BCUT2D eigenvalue weighted by atomic mass is 16.5. The molecule has 1 unspecified atom stereocenters. The van der Waals surface area contributed by atoms with Crippen molar-refractivity contribution >= 4 is 23.4 Å². The van der Waals surface area contributed by atoms with Gasteiger partial charge in [0.2, 0.25) is 17.7 Å². The van der Waals surface area contributed by atoms with E-state index < -0.39 is 35.1 Å². The van der Waals surface area contributed by atoms with Crippen LogP contribution in [0.3, 0.4) is 0 Å². The van der Waals surface area contributed by atoms with Crippen LogP contribution >= 0.6 is 0 Å². The van der Waals surface area contributed by atoms with Gasteiger partial charge < -0.3 is 24.5 Å². The number of aliphatic hydroxyl groups excluding tert-OH is 1. The first kappa shape index (κ1) is 25.7. The predicted octanol–water partition coefficient (Wildman–Crippen LogP) is 2.53. The van der Waals surface area contributed by atoms with E-state index in [0.29, 0.717) is 32.5 Å². The Kier molecular flexibility index (Phi) is 6.75. The van der Waals surface area contributed by atoms with Crippen molar-refractivity contribution in [3.8, 4) is 0 Å². The van der Waals surface area contributed by atoms with Gasteiger partial charge in [-0.3, -0.25) is 14.4 Å². The monoisotopic (exact) mass is 507 g/mol. The Morgan fingerprint density at radius 2 is 1.73 bits per heavy atom. The van der Waals surface area contributed by atoms with Gasteiger partial charge in [0, 0.05) is 37.5 Å². The molecule has 1 aromatic carbocycles. The fourth-order valence-corrected chi connectivity index (χ4v) is 6.39. The summed E-state index contributed by atoms with van der Waals surface area (Å²) in [4.78, 5) is 47.6. The molecule has 8 nitrogen and oxygen atoms in total. The Bertz CT molecular complexity index is 1110. The van der Waals surface area contributed by atoms with Crippen molar-refractivity contribution in [2.45, 2.75) is 63.3 Å². The number of unbranched alkanes of at least 4 members (excludes halogenated alkanes) is 2. The van der Waals surface area contributed by atoms with Crippen LogP contribution in [0.1, 0.15) is 40.0 Å². The highest BCUT2D eigenvalue weighted by Gasteiger charge is 2.72. The first-order valence-electron chi connectivity index (χ1n) is 13.3. The smallest absolute Gasteiger partial charge is 0.249 e. The highest BCUT2D eigenvalue weighted by Crippen LogP contribution is 2.54. The van der Waals surface area contributed by atoms with Gasteiger partial charge in [-0.15, -0.1) is 0 Å². The zero-order chi connectivity index (χ0) is 26.4. The van der Waals surface area contributed by atoms with Crippen molar-refractivity contribution in [1.82, 2.24) is 9.80 Å². The number of likely N-dealkylation sites (tertiary alicyclic amines) is 1. The summed E-state index contributed by atoms with van der Waals surface area (Å²) in [7, 11) is 0. The van der Waals surface area contributed by atoms with Crippen LogP contribution in [0.25, 0.3) is 0 Å². The van der Waals surface area contributed by atoms with Gasteiger partial charge in [-0.05, 0) is 52.2 Å². The first-order valence-corrected chi connectivity index (χ1v) is 13.3. The van der Waals surface area contributed by atoms with Gasteiger partial charge in [-0.2, -0.15) is 0 Å². The third-order valence-electron chi connectivity index (χ3n) is 8.09. The maximum atomic E-state index is 14.2. The second kappa shape index (κ2) is 9.72. The largest absolute Gasteiger partial charge is 0.396 e. The molecule has 5 atom stereocenters. The summed E-state index contributed by atoms with van der Waals surface area (Å²) in [5, 5.41) is 9.22. The Morgan fingerprint density at radius 3 is 2.43 bits per heavy atom. The molecule has 1 N–H and O–H groups in total. The molecule has 2 fully saturated rings. The van der Waals surface area contributed by atoms with Gasteiger partial charge in [-0.1, -0.05) is 42.5 Å². The minimum absolute atomic E-state index is 0.0897. The van der Waals surface area contributed by atoms with Gasteiger partial charge in [0.25, 0.3) is 0 Å². The number of ether oxygens (including phenoxy) is 1. The summed E-state index contributed by atoms with van der Waals surface area (Å²) in [5.74, 6) is -2.03. The highest BCUT2D eigenvalue weighted by molar-refractivity contribution is 6.03. The van der Waals surface area contributed by atoms with Crippen molar-refractivity contribution < 1.29 is 24.2 Å². The third kappa shape index (κ3) is 4.20. The van der Waals surface area contributed by atoms with Crippen LogP contribution in [0.2, 0.25) is 0 Å². The number of amides is 3. The van der Waals surface area contributed by atoms with Gasteiger partial charge in [-0.25, -0.2) is 0 Å². The number of carbonyl (C=O) groups excluding carboxylic acids is 3. The van der Waals surface area contributed by atoms with E-state index in [1.165, 1.54) is 0 Å². The number of carbonyl (C=O) groups is 3. The van der Waals surface area contributed by atoms with Crippen LogP contribution in [0.5, 0.6) is 0 Å². The number of aliphatic hydroxyl groups is 1. The lowest BCUT2D eigenvalue weighted by Gasteiger charge is -2.40. The lowest BCUT2D eigenvalue weighted by atomic mass is 9.77. The van der Waals surface area contributed by atoms with Gasteiger partial charge >= 0.3 is 0 Å². The van der Waals surface area contributed by atoms with Crippen molar-refractivity contribution in [2.24, 2.45) is 11.8 Å². The Hall–Kier alpha value is -2.97. The van der Waals surface area contributed by atoms with Gasteiger partial charge in [0.05, 0.1) is 17.9 Å². The summed E-state index contributed by atoms with van der Waals surface area (Å²) in [6.45, 7) is 7.24. The lowest BCUT2D eigenvalue weighted by molar-refractivity contribution is -0.150. The normalized spacial score (nSPS) is 31.4. The van der Waals surface area contributed by atoms with Crippen LogP contribution in [-0.4, -0.2) is 82.2 Å². The number of hydrogen-bond acceptors (Lipinski definition) is 5. The quantitative estimate of drug-likeness (QED) is 0.472. The molecule has 2 saturated heterocycles. The zero-order valence-electron chi connectivity index (χ0n) is 21.9. The Balaban J connectivity index is 1.56. The van der Waals surface area contributed by atoms with E-state index in [2.05, 4.69) is 0 Å². The molecular formula is C29H37N3O5. The van der Waals surface area contributed by atoms with Crippen LogP contribution < -0.4 is 4.90 Å². The summed E-state index contributed by atoms with van der Waals surface area (Å²) in [6, 6.07) is 8.62. The summed E-state index contributed by atoms with van der Waals surface area (Å²) < 4.78 is 6.68. The van der Waals surface area contributed by atoms with E-state index in [1.807, 2.05) is 75.4 Å². The molecule has 4 aliphatic rings. The molecule has 4 aliphatic heterocycles. The van der Waals surface area contributed by atoms with E-state index >= 15 is 0 Å². The molecule has 0 saturated carbocycles. The van der Waals surface area contributed by atoms with Crippen molar-refractivity contribution in [3.63, 3.8) is 0 Å². The maximum Gasteiger partial charge on any atom is 0.249 e. The number of para-hydroxylation sites is 1. The van der Waals surface area contributed by atoms with E-state index in [-0.39, 0.29) is 24.3 Å². The molecule has 8 heteroatoms. The topological polar surface area (TPSA) is 90.4 Å². The van der Waals surface area contributed by atoms with Gasteiger partial charge in [0.15, 0.2) is 0 Å². The molecule has 0 aromatic heterocycles. The van der Waals surface area contributed by atoms with E-state index in [4.69, 9.17) is 4.74 Å². The average molecular weight is 508 g/mol. The predicted molar refractivity (Wildman–Crippen MR) is 140 cm³/mol. The molecule has 1 aromatic rings. The fraction of sp³-hybridized carbons (Fsp3) is 0.552. The van der Waals surface area contributed by atoms with Crippen molar-refractivity contribution in [3.05, 3.63) is 54.6 Å². The number of nitrogens with zero attached hydrogens (tertiary/aromatic N) is 3. The summed E-state index contributed by atoms with van der Waals surface area (Å²) in [5.41, 5.74) is -0.882. The number of rotatable bonds is 6. The molecule has 4 heterocycles. The maximum absolute atomic E-state index is 14.2. The Morgan fingerprint density at radius 1 is 0.973 bits per heavy atom. The standard InChI is InChI=1S/C29H37N3O5/c1-28(2,3)32-18-11-15-29-23(26(35)31(24(29)27(32)36)16-8-5-9-19-33)22-21(37-29)14-10-17-30(25(22)34)20-12-6-4-7-13-20/h4,6-7,10-15,21-24,33H,5,8-9,16-19H2,1-3H3/t21-,22+,23-,24?,29-/m0/s1. The van der Waals surface area contributed by atoms with Crippen LogP contribution in [-0.2, 0) is 19.1 Å². The Labute approximate surface area is 218 Å². The number of benzene rings is 1. The van der Waals surface area contributed by atoms with E-state index in [0.717, 1.165) is 12.1 Å². The van der Waals surface area contributed by atoms with Crippen LogP contribution in [0, 0.1) is 11.8 Å². The second-order valence-electron chi connectivity index (χ2n) is 11.4. The molecule has 3 amide bonds. The SMILES string of the molecule is CC(C)(C)N1CC=C[C@]23O[C@H]4C=CCN(c5ccccc5)C(=O)[C@H]4[C@H]2C(=O)N(CCCCCO)C3C1=O. The number of fused-ring (bicyclic) bond motifs is 2. The fourth-order valence-electron chi connectivity index (χ4n) is 6.39. The lowest BCUT2D eigenvalue weighted by Crippen LogP contribution is -2.58. The third-order valence-corrected chi connectivity index (χ3v) is 8.09. The molecule has 1 spiro atoms. The first-order chi connectivity index (χ1) is 17.7. The molecule has 37 heavy (non-hydrogen) atoms. The number of hydrogen-bond donors (Lipinski definition) is 1. The summed E-state index contributed by atoms with van der Waals surface area (Å²) in [6.07, 6.45) is 9.08. The van der Waals surface area contributed by atoms with E-state index in [1.54, 1.807) is 14.7 Å². The molecule has 0 bridgehead atoms. The van der Waals surface area contributed by atoms with Crippen molar-refractivity contribution in [1.29, 1.82) is 0 Å². The molecule has 198 valence electrons. The van der Waals surface area contributed by atoms with Crippen molar-refractivity contribution in [2.75, 3.05) is 31.1 Å². The average Bonchev–Trinajstić information content (AvgIpc) is 3.16. The minimum atomic E-state index is -1.21. The molecule has 0 radical (unpaired) electrons. The summed E-state index contributed by atoms with van der Waals surface area (Å²) >= 11 is 0. The second-order valence-corrected chi connectivity index (χ2v) is 11.4. The number of anilines is 1. The van der Waals surface area contributed by atoms with E-state index in [9.17, 15) is 19.5 Å². The minimum Gasteiger partial charge on any atom is -0.396 e. The molecular weight excluding hydrogens is 470 g/mol. The van der Waals surface area contributed by atoms with Gasteiger partial charge in [0.1, 0.15) is 11.6 Å². The zero-order valence-corrected chi connectivity index (χ0v) is 21.9.